The van der Waals surface area contributed by atoms with Gasteiger partial charge in [0.05, 0.1) is 10.8 Å². The highest BCUT2D eigenvalue weighted by Gasteiger charge is 2.40. The minimum Gasteiger partial charge on any atom is -0.478 e. The summed E-state index contributed by atoms with van der Waals surface area (Å²) in [5.41, 5.74) is 1.09. The van der Waals surface area contributed by atoms with Crippen LogP contribution in [0.5, 0.6) is 0 Å². The first-order valence-electron chi connectivity index (χ1n) is 7.51. The molecule has 1 heterocycles. The molecular weight excluding hydrogens is 304 g/mol. The molecule has 0 bridgehead atoms. The van der Waals surface area contributed by atoms with Crippen LogP contribution < -0.4 is 0 Å². The van der Waals surface area contributed by atoms with Gasteiger partial charge in [-0.3, -0.25) is 4.90 Å². The monoisotopic (exact) mass is 324 g/mol. The lowest BCUT2D eigenvalue weighted by atomic mass is 10.1. The molecule has 2 aliphatic rings. The maximum atomic E-state index is 12.2. The van der Waals surface area contributed by atoms with E-state index in [1.807, 2.05) is 12.1 Å². The van der Waals surface area contributed by atoms with Gasteiger partial charge in [0, 0.05) is 32.7 Å². The summed E-state index contributed by atoms with van der Waals surface area (Å²) in [7, 11) is -3.09. The van der Waals surface area contributed by atoms with Gasteiger partial charge in [-0.05, 0) is 24.5 Å². The van der Waals surface area contributed by atoms with Crippen LogP contribution in [-0.2, 0) is 16.6 Å². The van der Waals surface area contributed by atoms with E-state index in [2.05, 4.69) is 4.90 Å². The lowest BCUT2D eigenvalue weighted by Crippen LogP contribution is -2.49. The number of carbonyl (C=O) groups is 1. The number of benzene rings is 1. The number of carboxylic acid groups (broad SMARTS) is 1. The van der Waals surface area contributed by atoms with Crippen molar-refractivity contribution in [2.45, 2.75) is 24.6 Å². The number of aromatic carboxylic acids is 1. The topological polar surface area (TPSA) is 77.9 Å². The third-order valence-corrected chi connectivity index (χ3v) is 6.68. The fourth-order valence-corrected chi connectivity index (χ4v) is 4.65. The fourth-order valence-electron chi connectivity index (χ4n) is 2.83. The van der Waals surface area contributed by atoms with Crippen LogP contribution in [-0.4, -0.2) is 60.1 Å². The van der Waals surface area contributed by atoms with Crippen LogP contribution in [0.3, 0.4) is 0 Å². The standard InChI is InChI=1S/C15H20N2O4S/c18-15(19)14-4-2-1-3-12(14)11-16-7-9-17(10-8-16)22(20,21)13-5-6-13/h1-4,13H,5-11H2,(H,18,19). The molecule has 3 rings (SSSR count). The number of nitrogens with zero attached hydrogens (tertiary/aromatic N) is 2. The molecule has 1 aliphatic carbocycles. The zero-order valence-corrected chi connectivity index (χ0v) is 13.1. The molecule has 120 valence electrons. The maximum Gasteiger partial charge on any atom is 0.336 e. The minimum atomic E-state index is -3.09. The van der Waals surface area contributed by atoms with Gasteiger partial charge in [0.25, 0.3) is 0 Å². The van der Waals surface area contributed by atoms with Crippen LogP contribution in [0.2, 0.25) is 0 Å². The van der Waals surface area contributed by atoms with Crippen LogP contribution in [0.4, 0.5) is 0 Å². The Balaban J connectivity index is 1.62. The Morgan fingerprint density at radius 1 is 1.14 bits per heavy atom. The average molecular weight is 324 g/mol. The van der Waals surface area contributed by atoms with Gasteiger partial charge in [-0.2, -0.15) is 4.31 Å². The van der Waals surface area contributed by atoms with Gasteiger partial charge in [0.15, 0.2) is 0 Å². The SMILES string of the molecule is O=C(O)c1ccccc1CN1CCN(S(=O)(=O)C2CC2)CC1. The van der Waals surface area contributed by atoms with E-state index >= 15 is 0 Å². The Kier molecular flexibility index (Phi) is 4.20. The molecule has 1 N–H and O–H groups in total. The molecular formula is C15H20N2O4S. The molecule has 1 saturated heterocycles. The maximum absolute atomic E-state index is 12.2. The second kappa shape index (κ2) is 5.98. The Bertz CT molecular complexity index is 662. The zero-order valence-electron chi connectivity index (χ0n) is 12.3. The first-order chi connectivity index (χ1) is 10.5. The largest absolute Gasteiger partial charge is 0.478 e. The van der Waals surface area contributed by atoms with Crippen LogP contribution in [0.25, 0.3) is 0 Å². The van der Waals surface area contributed by atoms with Crippen molar-refractivity contribution >= 4 is 16.0 Å². The number of rotatable bonds is 5. The van der Waals surface area contributed by atoms with E-state index in [4.69, 9.17) is 0 Å². The molecule has 2 fully saturated rings. The molecule has 1 aliphatic heterocycles. The van der Waals surface area contributed by atoms with E-state index in [9.17, 15) is 18.3 Å². The van der Waals surface area contributed by atoms with Gasteiger partial charge >= 0.3 is 5.97 Å². The molecule has 0 unspecified atom stereocenters. The van der Waals surface area contributed by atoms with Crippen molar-refractivity contribution in [2.24, 2.45) is 0 Å². The Morgan fingerprint density at radius 3 is 2.36 bits per heavy atom. The smallest absolute Gasteiger partial charge is 0.336 e. The molecule has 1 aromatic rings. The molecule has 0 aromatic heterocycles. The summed E-state index contributed by atoms with van der Waals surface area (Å²) in [5.74, 6) is -0.925. The Hall–Kier alpha value is -1.44. The number of carboxylic acids is 1. The number of hydrogen-bond acceptors (Lipinski definition) is 4. The minimum absolute atomic E-state index is 0.160. The molecule has 0 spiro atoms. The lowest BCUT2D eigenvalue weighted by molar-refractivity contribution is 0.0694. The lowest BCUT2D eigenvalue weighted by Gasteiger charge is -2.34. The molecule has 0 radical (unpaired) electrons. The van der Waals surface area contributed by atoms with Gasteiger partial charge in [-0.1, -0.05) is 18.2 Å². The zero-order chi connectivity index (χ0) is 15.7. The van der Waals surface area contributed by atoms with Crippen molar-refractivity contribution in [3.05, 3.63) is 35.4 Å². The highest BCUT2D eigenvalue weighted by atomic mass is 32.2. The summed E-state index contributed by atoms with van der Waals surface area (Å²) in [4.78, 5) is 13.3. The van der Waals surface area contributed by atoms with E-state index in [1.165, 1.54) is 0 Å². The van der Waals surface area contributed by atoms with E-state index < -0.39 is 16.0 Å². The molecule has 1 saturated carbocycles. The van der Waals surface area contributed by atoms with E-state index in [1.54, 1.807) is 16.4 Å². The molecule has 0 atom stereocenters. The van der Waals surface area contributed by atoms with Crippen molar-refractivity contribution in [3.8, 4) is 0 Å². The van der Waals surface area contributed by atoms with Crippen LogP contribution in [0, 0.1) is 0 Å². The quantitative estimate of drug-likeness (QED) is 0.874. The molecule has 6 nitrogen and oxygen atoms in total. The number of piperazine rings is 1. The van der Waals surface area contributed by atoms with Gasteiger partial charge in [0.2, 0.25) is 10.0 Å². The normalized spacial score (nSPS) is 20.9. The molecule has 7 heteroatoms. The predicted octanol–water partition coefficient (Wildman–Crippen LogP) is 0.995. The number of hydrogen-bond donors (Lipinski definition) is 1. The second-order valence-electron chi connectivity index (χ2n) is 5.88. The highest BCUT2D eigenvalue weighted by molar-refractivity contribution is 7.90. The van der Waals surface area contributed by atoms with Crippen molar-refractivity contribution in [2.75, 3.05) is 26.2 Å². The predicted molar refractivity (Wildman–Crippen MR) is 82.2 cm³/mol. The van der Waals surface area contributed by atoms with Crippen LogP contribution in [0.1, 0.15) is 28.8 Å². The third-order valence-electron chi connectivity index (χ3n) is 4.28. The summed E-state index contributed by atoms with van der Waals surface area (Å²) in [6.45, 7) is 2.81. The van der Waals surface area contributed by atoms with Crippen molar-refractivity contribution < 1.29 is 18.3 Å². The van der Waals surface area contributed by atoms with E-state index in [0.717, 1.165) is 18.4 Å². The first-order valence-corrected chi connectivity index (χ1v) is 9.01. The van der Waals surface area contributed by atoms with Crippen molar-refractivity contribution in [1.29, 1.82) is 0 Å². The number of sulfonamides is 1. The van der Waals surface area contributed by atoms with Gasteiger partial charge in [-0.15, -0.1) is 0 Å². The Labute approximate surface area is 130 Å². The average Bonchev–Trinajstić information content (AvgIpc) is 3.33. The molecule has 1 aromatic carbocycles. The summed E-state index contributed by atoms with van der Waals surface area (Å²) in [6.07, 6.45) is 1.57. The van der Waals surface area contributed by atoms with Gasteiger partial charge < -0.3 is 5.11 Å². The van der Waals surface area contributed by atoms with Gasteiger partial charge in [-0.25, -0.2) is 13.2 Å². The van der Waals surface area contributed by atoms with Crippen molar-refractivity contribution in [1.82, 2.24) is 9.21 Å². The van der Waals surface area contributed by atoms with E-state index in [-0.39, 0.29) is 5.25 Å². The summed E-state index contributed by atoms with van der Waals surface area (Å²) in [6, 6.07) is 6.96. The second-order valence-corrected chi connectivity index (χ2v) is 8.09. The first kappa shape index (κ1) is 15.5. The molecule has 22 heavy (non-hydrogen) atoms. The third kappa shape index (κ3) is 3.16. The van der Waals surface area contributed by atoms with Crippen molar-refractivity contribution in [3.63, 3.8) is 0 Å². The Morgan fingerprint density at radius 2 is 1.77 bits per heavy atom. The van der Waals surface area contributed by atoms with Crippen LogP contribution >= 0.6 is 0 Å². The highest BCUT2D eigenvalue weighted by Crippen LogP contribution is 2.31. The summed E-state index contributed by atoms with van der Waals surface area (Å²) in [5, 5.41) is 9.05. The van der Waals surface area contributed by atoms with E-state index in [0.29, 0.717) is 38.3 Å². The molecule has 0 amide bonds. The summed E-state index contributed by atoms with van der Waals surface area (Å²) < 4.78 is 26.0. The summed E-state index contributed by atoms with van der Waals surface area (Å²) >= 11 is 0. The fraction of sp³-hybridized carbons (Fsp3) is 0.533. The van der Waals surface area contributed by atoms with Crippen LogP contribution in [0.15, 0.2) is 24.3 Å². The van der Waals surface area contributed by atoms with Gasteiger partial charge in [0.1, 0.15) is 0 Å².